The first-order chi connectivity index (χ1) is 14.1. The summed E-state index contributed by atoms with van der Waals surface area (Å²) < 4.78 is 83.6. The standard InChI is InChI=1S/C19H15F4N3O3S/c20-17-6-1-2-7-18(17)29-16-5-3-4-15(8-16)26(11-14-9-24-13-25-10-14)30(27,28)12-19(21,22)23/h1-10,13H,11-12H2. The van der Waals surface area contributed by atoms with Crippen LogP contribution in [-0.4, -0.2) is 30.3 Å². The second-order valence-electron chi connectivity index (χ2n) is 6.15. The van der Waals surface area contributed by atoms with Crippen molar-refractivity contribution in [2.75, 3.05) is 10.1 Å². The molecule has 0 aliphatic heterocycles. The van der Waals surface area contributed by atoms with Gasteiger partial charge in [0.2, 0.25) is 10.0 Å². The molecule has 0 radical (unpaired) electrons. The summed E-state index contributed by atoms with van der Waals surface area (Å²) >= 11 is 0. The fourth-order valence-electron chi connectivity index (χ4n) is 2.57. The molecule has 6 nitrogen and oxygen atoms in total. The second kappa shape index (κ2) is 8.66. The monoisotopic (exact) mass is 441 g/mol. The average Bonchev–Trinajstić information content (AvgIpc) is 2.67. The molecule has 0 aliphatic rings. The molecule has 0 saturated carbocycles. The van der Waals surface area contributed by atoms with Gasteiger partial charge in [0.1, 0.15) is 12.1 Å². The van der Waals surface area contributed by atoms with Gasteiger partial charge in [0.05, 0.1) is 12.2 Å². The number of para-hydroxylation sites is 1. The number of alkyl halides is 3. The van der Waals surface area contributed by atoms with Crippen molar-refractivity contribution in [1.82, 2.24) is 9.97 Å². The molecule has 30 heavy (non-hydrogen) atoms. The summed E-state index contributed by atoms with van der Waals surface area (Å²) in [6.45, 7) is -0.428. The normalized spacial score (nSPS) is 11.9. The molecule has 0 atom stereocenters. The summed E-state index contributed by atoms with van der Waals surface area (Å²) in [5.74, 6) is -2.76. The van der Waals surface area contributed by atoms with Crippen molar-refractivity contribution >= 4 is 15.7 Å². The molecule has 3 aromatic rings. The predicted molar refractivity (Wildman–Crippen MR) is 101 cm³/mol. The van der Waals surface area contributed by atoms with Crippen LogP contribution in [-0.2, 0) is 16.6 Å². The van der Waals surface area contributed by atoms with Crippen LogP contribution in [0.25, 0.3) is 0 Å². The van der Waals surface area contributed by atoms with Crippen LogP contribution in [0.5, 0.6) is 11.5 Å². The lowest BCUT2D eigenvalue weighted by Gasteiger charge is -2.25. The molecule has 3 rings (SSSR count). The summed E-state index contributed by atoms with van der Waals surface area (Å²) in [4.78, 5) is 7.50. The number of halogens is 4. The van der Waals surface area contributed by atoms with Crippen molar-refractivity contribution in [3.05, 3.63) is 78.6 Å². The quantitative estimate of drug-likeness (QED) is 0.511. The zero-order chi connectivity index (χ0) is 21.8. The SMILES string of the molecule is O=S(=O)(CC(F)(F)F)N(Cc1cncnc1)c1cccc(Oc2ccccc2F)c1. The van der Waals surface area contributed by atoms with Gasteiger partial charge in [-0.15, -0.1) is 0 Å². The van der Waals surface area contributed by atoms with Crippen molar-refractivity contribution < 1.29 is 30.7 Å². The predicted octanol–water partition coefficient (Wildman–Crippen LogP) is 4.31. The van der Waals surface area contributed by atoms with Gasteiger partial charge in [0, 0.05) is 24.0 Å². The minimum Gasteiger partial charge on any atom is -0.454 e. The maximum Gasteiger partial charge on any atom is 0.404 e. The summed E-state index contributed by atoms with van der Waals surface area (Å²) in [7, 11) is -4.81. The van der Waals surface area contributed by atoms with Crippen LogP contribution in [0.1, 0.15) is 5.56 Å². The number of ether oxygens (including phenoxy) is 1. The molecule has 2 aromatic carbocycles. The van der Waals surface area contributed by atoms with E-state index in [1.807, 2.05) is 0 Å². The van der Waals surface area contributed by atoms with Crippen molar-refractivity contribution in [2.24, 2.45) is 0 Å². The smallest absolute Gasteiger partial charge is 0.404 e. The summed E-state index contributed by atoms with van der Waals surface area (Å²) in [5.41, 5.74) is 0.195. The molecule has 0 bridgehead atoms. The van der Waals surface area contributed by atoms with E-state index in [1.165, 1.54) is 67.3 Å². The molecule has 11 heteroatoms. The van der Waals surface area contributed by atoms with E-state index in [4.69, 9.17) is 4.74 Å². The van der Waals surface area contributed by atoms with Crippen molar-refractivity contribution in [3.63, 3.8) is 0 Å². The first kappa shape index (κ1) is 21.5. The molecular weight excluding hydrogens is 426 g/mol. The highest BCUT2D eigenvalue weighted by molar-refractivity contribution is 7.92. The van der Waals surface area contributed by atoms with Gasteiger partial charge in [-0.1, -0.05) is 18.2 Å². The number of hydrogen-bond acceptors (Lipinski definition) is 5. The van der Waals surface area contributed by atoms with Crippen LogP contribution in [0.2, 0.25) is 0 Å². The third kappa shape index (κ3) is 5.66. The summed E-state index contributed by atoms with van der Waals surface area (Å²) in [6, 6.07) is 10.9. The number of aromatic nitrogens is 2. The molecular formula is C19H15F4N3O3S. The van der Waals surface area contributed by atoms with E-state index < -0.39 is 34.3 Å². The maximum atomic E-state index is 13.8. The van der Waals surface area contributed by atoms with Gasteiger partial charge in [-0.25, -0.2) is 22.8 Å². The number of anilines is 1. The molecule has 0 fully saturated rings. The average molecular weight is 441 g/mol. The maximum absolute atomic E-state index is 13.8. The Kier molecular flexibility index (Phi) is 6.20. The first-order valence-electron chi connectivity index (χ1n) is 8.47. The van der Waals surface area contributed by atoms with E-state index in [2.05, 4.69) is 9.97 Å². The lowest BCUT2D eigenvalue weighted by atomic mass is 10.2. The van der Waals surface area contributed by atoms with Gasteiger partial charge in [-0.05, 0) is 24.3 Å². The molecule has 0 N–H and O–H groups in total. The highest BCUT2D eigenvalue weighted by Crippen LogP contribution is 2.31. The highest BCUT2D eigenvalue weighted by atomic mass is 32.2. The van der Waals surface area contributed by atoms with Crippen molar-refractivity contribution in [1.29, 1.82) is 0 Å². The zero-order valence-corrected chi connectivity index (χ0v) is 16.1. The number of rotatable bonds is 7. The third-order valence-electron chi connectivity index (χ3n) is 3.79. The van der Waals surface area contributed by atoms with Crippen LogP contribution in [0.4, 0.5) is 23.2 Å². The molecule has 0 amide bonds. The number of hydrogen-bond donors (Lipinski definition) is 0. The fraction of sp³-hybridized carbons (Fsp3) is 0.158. The van der Waals surface area contributed by atoms with Gasteiger partial charge in [-0.2, -0.15) is 13.2 Å². The molecule has 0 unspecified atom stereocenters. The lowest BCUT2D eigenvalue weighted by molar-refractivity contribution is -0.106. The topological polar surface area (TPSA) is 72.4 Å². The second-order valence-corrected chi connectivity index (χ2v) is 8.05. The molecule has 0 spiro atoms. The Balaban J connectivity index is 1.98. The van der Waals surface area contributed by atoms with Gasteiger partial charge in [0.15, 0.2) is 17.3 Å². The zero-order valence-electron chi connectivity index (χ0n) is 15.3. The Morgan fingerprint density at radius 1 is 1.00 bits per heavy atom. The van der Waals surface area contributed by atoms with Crippen molar-refractivity contribution in [2.45, 2.75) is 12.7 Å². The Morgan fingerprint density at radius 3 is 2.37 bits per heavy atom. The Morgan fingerprint density at radius 2 is 1.70 bits per heavy atom. The van der Waals surface area contributed by atoms with Crippen LogP contribution in [0, 0.1) is 5.82 Å². The van der Waals surface area contributed by atoms with Crippen LogP contribution < -0.4 is 9.04 Å². The number of sulfonamides is 1. The van der Waals surface area contributed by atoms with E-state index >= 15 is 0 Å². The Bertz CT molecular complexity index is 1110. The molecule has 1 aromatic heterocycles. The van der Waals surface area contributed by atoms with Gasteiger partial charge < -0.3 is 4.74 Å². The van der Waals surface area contributed by atoms with Gasteiger partial charge >= 0.3 is 6.18 Å². The van der Waals surface area contributed by atoms with Crippen LogP contribution in [0.15, 0.2) is 67.3 Å². The molecule has 0 saturated heterocycles. The van der Waals surface area contributed by atoms with Crippen LogP contribution >= 0.6 is 0 Å². The van der Waals surface area contributed by atoms with E-state index in [1.54, 1.807) is 0 Å². The van der Waals surface area contributed by atoms with Crippen LogP contribution in [0.3, 0.4) is 0 Å². The Hall–Kier alpha value is -3.21. The summed E-state index contributed by atoms with van der Waals surface area (Å²) in [6.07, 6.45) is -1.14. The lowest BCUT2D eigenvalue weighted by Crippen LogP contribution is -2.37. The van der Waals surface area contributed by atoms with Gasteiger partial charge in [-0.3, -0.25) is 4.31 Å². The largest absolute Gasteiger partial charge is 0.454 e. The fourth-order valence-corrected chi connectivity index (χ4v) is 3.92. The first-order valence-corrected chi connectivity index (χ1v) is 10.1. The number of nitrogens with zero attached hydrogens (tertiary/aromatic N) is 3. The number of benzene rings is 2. The minimum absolute atomic E-state index is 0.0501. The van der Waals surface area contributed by atoms with E-state index in [0.29, 0.717) is 4.31 Å². The Labute approximate surface area is 169 Å². The molecule has 1 heterocycles. The third-order valence-corrected chi connectivity index (χ3v) is 5.50. The van der Waals surface area contributed by atoms with Crippen molar-refractivity contribution in [3.8, 4) is 11.5 Å². The summed E-state index contributed by atoms with van der Waals surface area (Å²) in [5, 5.41) is 0. The van der Waals surface area contributed by atoms with E-state index in [-0.39, 0.29) is 22.7 Å². The highest BCUT2D eigenvalue weighted by Gasteiger charge is 2.38. The molecule has 0 aliphatic carbocycles. The van der Waals surface area contributed by atoms with E-state index in [9.17, 15) is 26.0 Å². The van der Waals surface area contributed by atoms with Gasteiger partial charge in [0.25, 0.3) is 0 Å². The molecule has 158 valence electrons. The minimum atomic E-state index is -4.94. The van der Waals surface area contributed by atoms with E-state index in [0.717, 1.165) is 0 Å².